The molecule has 0 unspecified atom stereocenters. The Morgan fingerprint density at radius 1 is 1.32 bits per heavy atom. The minimum absolute atomic E-state index is 0.0566. The van der Waals surface area contributed by atoms with Gasteiger partial charge in [-0.1, -0.05) is 6.07 Å². The Hall–Kier alpha value is -2.56. The lowest BCUT2D eigenvalue weighted by Crippen LogP contribution is -2.25. The molecular formula is C17H20N4O. The van der Waals surface area contributed by atoms with Gasteiger partial charge in [-0.3, -0.25) is 4.79 Å². The molecule has 0 atom stereocenters. The van der Waals surface area contributed by atoms with Crippen molar-refractivity contribution >= 4 is 16.8 Å². The second-order valence-corrected chi connectivity index (χ2v) is 5.64. The Kier molecular flexibility index (Phi) is 3.96. The Balaban J connectivity index is 1.61. The maximum Gasteiger partial charge on any atom is 0.267 e. The fourth-order valence-corrected chi connectivity index (χ4v) is 2.70. The minimum Gasteiger partial charge on any atom is -0.351 e. The molecule has 2 aromatic heterocycles. The first-order valence-corrected chi connectivity index (χ1v) is 7.47. The van der Waals surface area contributed by atoms with Crippen LogP contribution in [-0.2, 0) is 6.54 Å². The van der Waals surface area contributed by atoms with Gasteiger partial charge < -0.3 is 14.9 Å². The monoisotopic (exact) mass is 296 g/mol. The molecule has 114 valence electrons. The maximum atomic E-state index is 12.2. The van der Waals surface area contributed by atoms with E-state index < -0.39 is 0 Å². The summed E-state index contributed by atoms with van der Waals surface area (Å²) in [7, 11) is 0. The lowest BCUT2D eigenvalue weighted by atomic mass is 10.1. The summed E-state index contributed by atoms with van der Waals surface area (Å²) in [5.41, 5.74) is 4.01. The summed E-state index contributed by atoms with van der Waals surface area (Å²) in [5, 5.41) is 4.06. The number of nitrogens with zero attached hydrogens (tertiary/aromatic N) is 2. The van der Waals surface area contributed by atoms with Crippen LogP contribution in [0.4, 0.5) is 0 Å². The van der Waals surface area contributed by atoms with Gasteiger partial charge in [0.25, 0.3) is 5.91 Å². The number of aromatic nitrogens is 3. The van der Waals surface area contributed by atoms with Crippen LogP contribution < -0.4 is 5.32 Å². The second-order valence-electron chi connectivity index (χ2n) is 5.64. The highest BCUT2D eigenvalue weighted by Gasteiger charge is 2.10. The first-order chi connectivity index (χ1) is 10.6. The molecule has 0 bridgehead atoms. The van der Waals surface area contributed by atoms with Crippen LogP contribution >= 0.6 is 0 Å². The van der Waals surface area contributed by atoms with Crippen LogP contribution in [0.15, 0.2) is 36.9 Å². The van der Waals surface area contributed by atoms with Crippen molar-refractivity contribution in [3.8, 4) is 0 Å². The van der Waals surface area contributed by atoms with Gasteiger partial charge in [-0.2, -0.15) is 0 Å². The first kappa shape index (κ1) is 14.4. The normalized spacial score (nSPS) is 11.0. The predicted molar refractivity (Wildman–Crippen MR) is 86.9 cm³/mol. The third-order valence-corrected chi connectivity index (χ3v) is 3.77. The topological polar surface area (TPSA) is 62.7 Å². The standard InChI is InChI=1S/C17H20N4O/c1-12-8-13(2)14-10-16(20-15(14)9-12)17(22)19-4-3-6-21-7-5-18-11-21/h5,7-11,20H,3-4,6H2,1-2H3,(H,19,22). The van der Waals surface area contributed by atoms with E-state index in [0.29, 0.717) is 12.2 Å². The van der Waals surface area contributed by atoms with Gasteiger partial charge in [0.2, 0.25) is 0 Å². The number of hydrogen-bond donors (Lipinski definition) is 2. The van der Waals surface area contributed by atoms with Crippen LogP contribution in [0.5, 0.6) is 0 Å². The van der Waals surface area contributed by atoms with E-state index in [1.807, 2.05) is 16.8 Å². The van der Waals surface area contributed by atoms with Crippen LogP contribution in [0, 0.1) is 13.8 Å². The fourth-order valence-electron chi connectivity index (χ4n) is 2.70. The van der Waals surface area contributed by atoms with Crippen molar-refractivity contribution < 1.29 is 4.79 Å². The summed E-state index contributed by atoms with van der Waals surface area (Å²) in [4.78, 5) is 19.4. The number of rotatable bonds is 5. The smallest absolute Gasteiger partial charge is 0.267 e. The number of aromatic amines is 1. The second kappa shape index (κ2) is 6.05. The number of hydrogen-bond acceptors (Lipinski definition) is 2. The van der Waals surface area contributed by atoms with Crippen LogP contribution in [0.3, 0.4) is 0 Å². The molecule has 2 heterocycles. The number of benzene rings is 1. The summed E-state index contributed by atoms with van der Waals surface area (Å²) in [5.74, 6) is -0.0566. The van der Waals surface area contributed by atoms with Gasteiger partial charge in [-0.05, 0) is 43.5 Å². The quantitative estimate of drug-likeness (QED) is 0.711. The van der Waals surface area contributed by atoms with Gasteiger partial charge >= 0.3 is 0 Å². The maximum absolute atomic E-state index is 12.2. The molecule has 0 aliphatic heterocycles. The molecule has 0 spiro atoms. The average molecular weight is 296 g/mol. The molecule has 2 N–H and O–H groups in total. The summed E-state index contributed by atoms with van der Waals surface area (Å²) >= 11 is 0. The lowest BCUT2D eigenvalue weighted by Gasteiger charge is -2.04. The molecule has 0 aliphatic carbocycles. The van der Waals surface area contributed by atoms with Crippen molar-refractivity contribution in [3.05, 3.63) is 53.7 Å². The molecular weight excluding hydrogens is 276 g/mol. The Labute approximate surface area is 129 Å². The molecule has 0 fully saturated rings. The zero-order valence-electron chi connectivity index (χ0n) is 12.9. The van der Waals surface area contributed by atoms with Gasteiger partial charge in [-0.25, -0.2) is 4.98 Å². The van der Waals surface area contributed by atoms with Crippen molar-refractivity contribution in [2.75, 3.05) is 6.54 Å². The highest BCUT2D eigenvalue weighted by molar-refractivity contribution is 5.98. The Morgan fingerprint density at radius 3 is 2.95 bits per heavy atom. The van der Waals surface area contributed by atoms with Crippen molar-refractivity contribution in [3.63, 3.8) is 0 Å². The van der Waals surface area contributed by atoms with E-state index in [0.717, 1.165) is 23.9 Å². The number of H-pyrrole nitrogens is 1. The molecule has 0 saturated heterocycles. The van der Waals surface area contributed by atoms with Gasteiger partial charge in [-0.15, -0.1) is 0 Å². The summed E-state index contributed by atoms with van der Waals surface area (Å²) in [6.45, 7) is 5.62. The zero-order chi connectivity index (χ0) is 15.5. The number of amides is 1. The van der Waals surface area contributed by atoms with E-state index in [-0.39, 0.29) is 5.91 Å². The van der Waals surface area contributed by atoms with E-state index in [4.69, 9.17) is 0 Å². The van der Waals surface area contributed by atoms with Crippen LogP contribution in [0.2, 0.25) is 0 Å². The molecule has 5 heteroatoms. The number of fused-ring (bicyclic) bond motifs is 1. The third-order valence-electron chi connectivity index (χ3n) is 3.77. The largest absolute Gasteiger partial charge is 0.351 e. The first-order valence-electron chi connectivity index (χ1n) is 7.47. The van der Waals surface area contributed by atoms with E-state index in [2.05, 4.69) is 41.3 Å². The molecule has 22 heavy (non-hydrogen) atoms. The van der Waals surface area contributed by atoms with E-state index in [1.54, 1.807) is 12.5 Å². The highest BCUT2D eigenvalue weighted by atomic mass is 16.1. The van der Waals surface area contributed by atoms with Gasteiger partial charge in [0, 0.05) is 36.4 Å². The number of aryl methyl sites for hydroxylation is 3. The van der Waals surface area contributed by atoms with Crippen molar-refractivity contribution in [2.24, 2.45) is 0 Å². The van der Waals surface area contributed by atoms with E-state index in [1.165, 1.54) is 11.1 Å². The number of carbonyl (C=O) groups is 1. The van der Waals surface area contributed by atoms with Crippen LogP contribution in [0.25, 0.3) is 10.9 Å². The zero-order valence-corrected chi connectivity index (χ0v) is 12.9. The van der Waals surface area contributed by atoms with Crippen molar-refractivity contribution in [1.82, 2.24) is 19.9 Å². The number of nitrogens with one attached hydrogen (secondary N) is 2. The molecule has 0 radical (unpaired) electrons. The van der Waals surface area contributed by atoms with Crippen LogP contribution in [-0.4, -0.2) is 27.0 Å². The number of carbonyl (C=O) groups excluding carboxylic acids is 1. The van der Waals surface area contributed by atoms with Crippen molar-refractivity contribution in [2.45, 2.75) is 26.8 Å². The highest BCUT2D eigenvalue weighted by Crippen LogP contribution is 2.21. The fraction of sp³-hybridized carbons (Fsp3) is 0.294. The summed E-state index contributed by atoms with van der Waals surface area (Å²) in [6, 6.07) is 6.12. The third kappa shape index (κ3) is 3.03. The molecule has 0 saturated carbocycles. The van der Waals surface area contributed by atoms with Crippen molar-refractivity contribution in [1.29, 1.82) is 0 Å². The van der Waals surface area contributed by atoms with Gasteiger partial charge in [0.15, 0.2) is 0 Å². The Morgan fingerprint density at radius 2 is 2.18 bits per heavy atom. The van der Waals surface area contributed by atoms with E-state index in [9.17, 15) is 4.79 Å². The molecule has 5 nitrogen and oxygen atoms in total. The Bertz CT molecular complexity index is 786. The minimum atomic E-state index is -0.0566. The summed E-state index contributed by atoms with van der Waals surface area (Å²) < 4.78 is 2.00. The molecule has 1 amide bonds. The van der Waals surface area contributed by atoms with E-state index >= 15 is 0 Å². The molecule has 0 aliphatic rings. The number of imidazole rings is 1. The molecule has 1 aromatic carbocycles. The molecule has 3 rings (SSSR count). The van der Waals surface area contributed by atoms with Gasteiger partial charge in [0.05, 0.1) is 6.33 Å². The van der Waals surface area contributed by atoms with Gasteiger partial charge in [0.1, 0.15) is 5.69 Å². The SMILES string of the molecule is Cc1cc(C)c2cc(C(=O)NCCCn3ccnc3)[nH]c2c1. The lowest BCUT2D eigenvalue weighted by molar-refractivity contribution is 0.0948. The average Bonchev–Trinajstić information content (AvgIpc) is 3.12. The predicted octanol–water partition coefficient (Wildman–Crippen LogP) is 2.80. The van der Waals surface area contributed by atoms with Crippen LogP contribution in [0.1, 0.15) is 28.0 Å². The summed E-state index contributed by atoms with van der Waals surface area (Å²) in [6.07, 6.45) is 6.34. The molecule has 3 aromatic rings.